The van der Waals surface area contributed by atoms with E-state index in [1.54, 1.807) is 6.92 Å². The normalized spacial score (nSPS) is 17.7. The van der Waals surface area contributed by atoms with Crippen LogP contribution in [0.4, 0.5) is 4.79 Å². The van der Waals surface area contributed by atoms with Gasteiger partial charge in [-0.2, -0.15) is 0 Å². The topological polar surface area (TPSA) is 64.6 Å². The van der Waals surface area contributed by atoms with Gasteiger partial charge in [0.1, 0.15) is 0 Å². The maximum atomic E-state index is 11.7. The van der Waals surface area contributed by atoms with E-state index in [0.29, 0.717) is 6.54 Å². The van der Waals surface area contributed by atoms with Gasteiger partial charge in [0.05, 0.1) is 12.6 Å². The van der Waals surface area contributed by atoms with Gasteiger partial charge in [-0.05, 0) is 49.9 Å². The summed E-state index contributed by atoms with van der Waals surface area (Å²) in [6.07, 6.45) is 2.56. The molecule has 1 aromatic carbocycles. The molecule has 1 saturated heterocycles. The van der Waals surface area contributed by atoms with Gasteiger partial charge >= 0.3 is 6.03 Å². The van der Waals surface area contributed by atoms with Crippen molar-refractivity contribution in [3.05, 3.63) is 35.4 Å². The van der Waals surface area contributed by atoms with Crippen molar-refractivity contribution in [3.8, 4) is 0 Å². The molecule has 0 bridgehead atoms. The number of nitrogens with one attached hydrogen (secondary N) is 2. The van der Waals surface area contributed by atoms with Crippen molar-refractivity contribution in [2.75, 3.05) is 19.7 Å². The lowest BCUT2D eigenvalue weighted by atomic mass is 9.98. The van der Waals surface area contributed by atoms with E-state index < -0.39 is 0 Å². The summed E-state index contributed by atoms with van der Waals surface area (Å²) in [5, 5.41) is 14.4. The van der Waals surface area contributed by atoms with Gasteiger partial charge in [-0.3, -0.25) is 4.90 Å². The lowest BCUT2D eigenvalue weighted by molar-refractivity contribution is 0.185. The minimum absolute atomic E-state index is 0.0582. The van der Waals surface area contributed by atoms with E-state index in [-0.39, 0.29) is 18.7 Å². The van der Waals surface area contributed by atoms with Crippen LogP contribution >= 0.6 is 0 Å². The average molecular weight is 319 g/mol. The fourth-order valence-corrected chi connectivity index (χ4v) is 2.82. The fourth-order valence-electron chi connectivity index (χ4n) is 2.82. The monoisotopic (exact) mass is 319 g/mol. The predicted octanol–water partition coefficient (Wildman–Crippen LogP) is 2.10. The summed E-state index contributed by atoms with van der Waals surface area (Å²) >= 11 is 0. The van der Waals surface area contributed by atoms with E-state index in [1.165, 1.54) is 31.5 Å². The number of carbonyl (C=O) groups is 1. The Labute approximate surface area is 139 Å². The molecule has 1 heterocycles. The maximum Gasteiger partial charge on any atom is 0.315 e. The van der Waals surface area contributed by atoms with Gasteiger partial charge in [0.2, 0.25) is 0 Å². The summed E-state index contributed by atoms with van der Waals surface area (Å²) in [6.45, 7) is 7.85. The number of nitrogens with zero attached hydrogens (tertiary/aromatic N) is 1. The van der Waals surface area contributed by atoms with Gasteiger partial charge in [-0.15, -0.1) is 0 Å². The fraction of sp³-hybridized carbons (Fsp3) is 0.611. The first-order valence-corrected chi connectivity index (χ1v) is 8.52. The summed E-state index contributed by atoms with van der Waals surface area (Å²) in [6, 6.07) is 7.90. The molecule has 3 N–H and O–H groups in total. The molecule has 0 aliphatic carbocycles. The van der Waals surface area contributed by atoms with Crippen LogP contribution in [0.15, 0.2) is 24.3 Å². The van der Waals surface area contributed by atoms with E-state index in [0.717, 1.165) is 18.0 Å². The molecule has 0 saturated carbocycles. The summed E-state index contributed by atoms with van der Waals surface area (Å²) in [4.78, 5) is 14.2. The minimum atomic E-state index is -0.248. The van der Waals surface area contributed by atoms with Crippen molar-refractivity contribution >= 4 is 6.03 Å². The molecule has 1 aliphatic rings. The molecule has 23 heavy (non-hydrogen) atoms. The molecular formula is C18H29N3O2. The Kier molecular flexibility index (Phi) is 6.86. The standard InChI is InChI=1S/C18H29N3O2/c1-14-6-8-21(9-7-14)12-17-5-3-4-16(10-17)11-19-18(23)20-15(2)13-22/h3-5,10,14-15,22H,6-9,11-13H2,1-2H3,(H2,19,20,23). The van der Waals surface area contributed by atoms with Crippen molar-refractivity contribution in [2.24, 2.45) is 5.92 Å². The second-order valence-electron chi connectivity index (χ2n) is 6.69. The zero-order chi connectivity index (χ0) is 16.7. The molecule has 2 rings (SSSR count). The Balaban J connectivity index is 1.81. The van der Waals surface area contributed by atoms with Crippen LogP contribution in [0.25, 0.3) is 0 Å². The van der Waals surface area contributed by atoms with Crippen LogP contribution in [-0.2, 0) is 13.1 Å². The maximum absolute atomic E-state index is 11.7. The van der Waals surface area contributed by atoms with Gasteiger partial charge in [0.15, 0.2) is 0 Å². The van der Waals surface area contributed by atoms with Crippen molar-refractivity contribution in [2.45, 2.75) is 45.8 Å². The zero-order valence-corrected chi connectivity index (χ0v) is 14.2. The lowest BCUT2D eigenvalue weighted by Gasteiger charge is -2.30. The molecule has 2 amide bonds. The predicted molar refractivity (Wildman–Crippen MR) is 92.0 cm³/mol. The van der Waals surface area contributed by atoms with Gasteiger partial charge in [0.25, 0.3) is 0 Å². The van der Waals surface area contributed by atoms with Crippen LogP contribution in [-0.4, -0.2) is 41.8 Å². The highest BCUT2D eigenvalue weighted by Crippen LogP contribution is 2.18. The number of urea groups is 1. The number of aliphatic hydroxyl groups excluding tert-OH is 1. The number of piperidine rings is 1. The number of amides is 2. The SMILES string of the molecule is CC1CCN(Cc2cccc(CNC(=O)NC(C)CO)c2)CC1. The van der Waals surface area contributed by atoms with Crippen LogP contribution in [0.1, 0.15) is 37.8 Å². The molecule has 0 radical (unpaired) electrons. The number of hydrogen-bond acceptors (Lipinski definition) is 3. The highest BCUT2D eigenvalue weighted by molar-refractivity contribution is 5.74. The quantitative estimate of drug-likeness (QED) is 0.752. The van der Waals surface area contributed by atoms with Crippen LogP contribution in [0.5, 0.6) is 0 Å². The van der Waals surface area contributed by atoms with Crippen molar-refractivity contribution in [1.29, 1.82) is 0 Å². The van der Waals surface area contributed by atoms with Gasteiger partial charge in [-0.25, -0.2) is 4.79 Å². The van der Waals surface area contributed by atoms with E-state index in [1.807, 2.05) is 12.1 Å². The van der Waals surface area contributed by atoms with Crippen molar-refractivity contribution in [3.63, 3.8) is 0 Å². The van der Waals surface area contributed by atoms with Gasteiger partial charge in [0, 0.05) is 13.1 Å². The summed E-state index contributed by atoms with van der Waals surface area (Å²) in [7, 11) is 0. The molecule has 1 aliphatic heterocycles. The Morgan fingerprint density at radius 1 is 1.35 bits per heavy atom. The molecule has 1 unspecified atom stereocenters. The van der Waals surface area contributed by atoms with Crippen LogP contribution < -0.4 is 10.6 Å². The van der Waals surface area contributed by atoms with E-state index in [4.69, 9.17) is 5.11 Å². The molecule has 0 spiro atoms. The molecule has 1 fully saturated rings. The third-order valence-electron chi connectivity index (χ3n) is 4.38. The van der Waals surface area contributed by atoms with Crippen molar-refractivity contribution in [1.82, 2.24) is 15.5 Å². The number of likely N-dealkylation sites (tertiary alicyclic amines) is 1. The molecule has 128 valence electrons. The number of carbonyl (C=O) groups excluding carboxylic acids is 1. The molecular weight excluding hydrogens is 290 g/mol. The molecule has 5 nitrogen and oxygen atoms in total. The third-order valence-corrected chi connectivity index (χ3v) is 4.38. The second-order valence-corrected chi connectivity index (χ2v) is 6.69. The molecule has 5 heteroatoms. The van der Waals surface area contributed by atoms with Crippen LogP contribution in [0, 0.1) is 5.92 Å². The minimum Gasteiger partial charge on any atom is -0.394 e. The third kappa shape index (κ3) is 6.20. The Morgan fingerprint density at radius 2 is 2.04 bits per heavy atom. The zero-order valence-electron chi connectivity index (χ0n) is 14.2. The van der Waals surface area contributed by atoms with E-state index in [2.05, 4.69) is 34.6 Å². The van der Waals surface area contributed by atoms with E-state index >= 15 is 0 Å². The molecule has 1 atom stereocenters. The first-order valence-electron chi connectivity index (χ1n) is 8.52. The Morgan fingerprint density at radius 3 is 2.74 bits per heavy atom. The van der Waals surface area contributed by atoms with Gasteiger partial charge in [-0.1, -0.05) is 31.2 Å². The Bertz CT molecular complexity index is 499. The number of aliphatic hydroxyl groups is 1. The lowest BCUT2D eigenvalue weighted by Crippen LogP contribution is -2.41. The van der Waals surface area contributed by atoms with Gasteiger partial charge < -0.3 is 15.7 Å². The number of hydrogen-bond donors (Lipinski definition) is 3. The average Bonchev–Trinajstić information content (AvgIpc) is 2.55. The number of rotatable bonds is 6. The van der Waals surface area contributed by atoms with Crippen molar-refractivity contribution < 1.29 is 9.90 Å². The smallest absolute Gasteiger partial charge is 0.315 e. The molecule has 1 aromatic rings. The molecule has 0 aromatic heterocycles. The van der Waals surface area contributed by atoms with Crippen LogP contribution in [0.3, 0.4) is 0 Å². The first-order chi connectivity index (χ1) is 11.1. The summed E-state index contributed by atoms with van der Waals surface area (Å²) in [5.41, 5.74) is 2.39. The second kappa shape index (κ2) is 8.89. The summed E-state index contributed by atoms with van der Waals surface area (Å²) < 4.78 is 0. The summed E-state index contributed by atoms with van der Waals surface area (Å²) in [5.74, 6) is 0.849. The Hall–Kier alpha value is -1.59. The van der Waals surface area contributed by atoms with E-state index in [9.17, 15) is 4.79 Å². The largest absolute Gasteiger partial charge is 0.394 e. The highest BCUT2D eigenvalue weighted by atomic mass is 16.3. The number of benzene rings is 1. The first kappa shape index (κ1) is 17.8. The highest BCUT2D eigenvalue weighted by Gasteiger charge is 2.15. The van der Waals surface area contributed by atoms with Crippen LogP contribution in [0.2, 0.25) is 0 Å².